The van der Waals surface area contributed by atoms with Crippen molar-refractivity contribution >= 4 is 27.6 Å². The number of carbonyl (C=O) groups is 1. The van der Waals surface area contributed by atoms with E-state index >= 15 is 0 Å². The van der Waals surface area contributed by atoms with E-state index in [0.29, 0.717) is 13.0 Å². The summed E-state index contributed by atoms with van der Waals surface area (Å²) in [6, 6.07) is 0. The molecule has 0 aromatic carbocycles. The maximum absolute atomic E-state index is 11.6. The Morgan fingerprint density at radius 3 is 2.41 bits per heavy atom. The van der Waals surface area contributed by atoms with Gasteiger partial charge in [0.1, 0.15) is 0 Å². The van der Waals surface area contributed by atoms with Gasteiger partial charge >= 0.3 is 5.97 Å². The molecule has 4 heteroatoms. The van der Waals surface area contributed by atoms with Crippen LogP contribution >= 0.6 is 21.6 Å². The van der Waals surface area contributed by atoms with Crippen molar-refractivity contribution in [1.82, 2.24) is 0 Å². The molecule has 0 aliphatic carbocycles. The van der Waals surface area contributed by atoms with Crippen LogP contribution < -0.4 is 0 Å². The van der Waals surface area contributed by atoms with Crippen LogP contribution in [0.1, 0.15) is 90.4 Å². The SMILES string of the molecule is CCCCCCCCCCOC(=O)CCCCC1CCSS1. The molecule has 2 nitrogen and oxygen atoms in total. The smallest absolute Gasteiger partial charge is 0.305 e. The van der Waals surface area contributed by atoms with Crippen molar-refractivity contribution in [2.75, 3.05) is 12.4 Å². The van der Waals surface area contributed by atoms with Crippen LogP contribution in [-0.2, 0) is 9.53 Å². The van der Waals surface area contributed by atoms with Crippen LogP contribution in [0.4, 0.5) is 0 Å². The van der Waals surface area contributed by atoms with E-state index in [1.54, 1.807) is 0 Å². The largest absolute Gasteiger partial charge is 0.466 e. The van der Waals surface area contributed by atoms with Gasteiger partial charge in [0.15, 0.2) is 0 Å². The molecular formula is C18H34O2S2. The number of ether oxygens (including phenoxy) is 1. The van der Waals surface area contributed by atoms with Gasteiger partial charge in [-0.05, 0) is 25.7 Å². The highest BCUT2D eigenvalue weighted by Gasteiger charge is 2.15. The Bertz CT molecular complexity index is 266. The molecule has 0 radical (unpaired) electrons. The first-order valence-corrected chi connectivity index (χ1v) is 11.6. The minimum atomic E-state index is 0.0106. The first-order valence-electron chi connectivity index (χ1n) is 9.27. The summed E-state index contributed by atoms with van der Waals surface area (Å²) < 4.78 is 5.31. The van der Waals surface area contributed by atoms with Crippen LogP contribution in [-0.4, -0.2) is 23.6 Å². The zero-order valence-electron chi connectivity index (χ0n) is 14.3. The minimum absolute atomic E-state index is 0.0106. The van der Waals surface area contributed by atoms with Crippen molar-refractivity contribution in [3.8, 4) is 0 Å². The van der Waals surface area contributed by atoms with Gasteiger partial charge in [0.25, 0.3) is 0 Å². The van der Waals surface area contributed by atoms with Gasteiger partial charge in [-0.15, -0.1) is 0 Å². The molecule has 1 atom stereocenters. The topological polar surface area (TPSA) is 26.3 Å². The molecule has 0 aromatic heterocycles. The average Bonchev–Trinajstić information content (AvgIpc) is 3.03. The van der Waals surface area contributed by atoms with Crippen LogP contribution in [0.15, 0.2) is 0 Å². The third-order valence-electron chi connectivity index (χ3n) is 4.15. The van der Waals surface area contributed by atoms with Crippen molar-refractivity contribution in [2.45, 2.75) is 95.6 Å². The molecule has 1 saturated heterocycles. The van der Waals surface area contributed by atoms with Crippen LogP contribution in [0.5, 0.6) is 0 Å². The van der Waals surface area contributed by atoms with Crippen molar-refractivity contribution in [3.05, 3.63) is 0 Å². The lowest BCUT2D eigenvalue weighted by Crippen LogP contribution is -2.06. The molecule has 1 fully saturated rings. The van der Waals surface area contributed by atoms with E-state index < -0.39 is 0 Å². The summed E-state index contributed by atoms with van der Waals surface area (Å²) in [5.74, 6) is 1.31. The number of hydrogen-bond donors (Lipinski definition) is 0. The first kappa shape index (κ1) is 20.2. The van der Waals surface area contributed by atoms with Crippen LogP contribution in [0.25, 0.3) is 0 Å². The van der Waals surface area contributed by atoms with Gasteiger partial charge < -0.3 is 4.74 Å². The van der Waals surface area contributed by atoms with E-state index in [2.05, 4.69) is 6.92 Å². The molecule has 22 heavy (non-hydrogen) atoms. The van der Waals surface area contributed by atoms with E-state index in [9.17, 15) is 4.79 Å². The highest BCUT2D eigenvalue weighted by Crippen LogP contribution is 2.39. The van der Waals surface area contributed by atoms with Crippen LogP contribution in [0, 0.1) is 0 Å². The number of rotatable bonds is 14. The molecule has 0 aromatic rings. The molecule has 0 saturated carbocycles. The fourth-order valence-electron chi connectivity index (χ4n) is 2.70. The lowest BCUT2D eigenvalue weighted by molar-refractivity contribution is -0.143. The van der Waals surface area contributed by atoms with E-state index in [1.807, 2.05) is 21.6 Å². The van der Waals surface area contributed by atoms with Gasteiger partial charge in [0.05, 0.1) is 6.61 Å². The molecule has 0 spiro atoms. The summed E-state index contributed by atoms with van der Waals surface area (Å²) in [6.45, 7) is 2.88. The predicted octanol–water partition coefficient (Wildman–Crippen LogP) is 6.38. The summed E-state index contributed by atoms with van der Waals surface area (Å²) in [7, 11) is 4.02. The summed E-state index contributed by atoms with van der Waals surface area (Å²) in [4.78, 5) is 11.6. The van der Waals surface area contributed by atoms with E-state index in [-0.39, 0.29) is 5.97 Å². The van der Waals surface area contributed by atoms with Gasteiger partial charge in [-0.2, -0.15) is 0 Å². The van der Waals surface area contributed by atoms with Crippen molar-refractivity contribution in [1.29, 1.82) is 0 Å². The van der Waals surface area contributed by atoms with E-state index in [4.69, 9.17) is 4.74 Å². The van der Waals surface area contributed by atoms with Crippen LogP contribution in [0.3, 0.4) is 0 Å². The first-order chi connectivity index (χ1) is 10.8. The Hall–Kier alpha value is 0.170. The molecular weight excluding hydrogens is 312 g/mol. The molecule has 0 amide bonds. The Morgan fingerprint density at radius 1 is 1.00 bits per heavy atom. The van der Waals surface area contributed by atoms with Gasteiger partial charge in [-0.1, -0.05) is 79.9 Å². The van der Waals surface area contributed by atoms with Gasteiger partial charge in [0.2, 0.25) is 0 Å². The quantitative estimate of drug-likeness (QED) is 0.207. The summed E-state index contributed by atoms with van der Waals surface area (Å²) >= 11 is 0. The number of esters is 1. The summed E-state index contributed by atoms with van der Waals surface area (Å²) in [5.41, 5.74) is 0. The van der Waals surface area contributed by atoms with Crippen molar-refractivity contribution in [2.24, 2.45) is 0 Å². The highest BCUT2D eigenvalue weighted by atomic mass is 33.1. The fraction of sp³-hybridized carbons (Fsp3) is 0.944. The van der Waals surface area contributed by atoms with E-state index in [1.165, 1.54) is 70.0 Å². The number of unbranched alkanes of at least 4 members (excludes halogenated alkanes) is 8. The maximum atomic E-state index is 11.6. The molecule has 1 aliphatic rings. The molecule has 0 bridgehead atoms. The molecule has 1 unspecified atom stereocenters. The van der Waals surface area contributed by atoms with Gasteiger partial charge in [-0.25, -0.2) is 0 Å². The standard InChI is InChI=1S/C18H34O2S2/c1-2-3-4-5-6-7-8-11-15-20-18(19)13-10-9-12-17-14-16-21-22-17/h17H,2-16H2,1H3. The van der Waals surface area contributed by atoms with Crippen molar-refractivity contribution in [3.63, 3.8) is 0 Å². The normalized spacial score (nSPS) is 17.8. The Morgan fingerprint density at radius 2 is 1.73 bits per heavy atom. The third kappa shape index (κ3) is 11.7. The summed E-state index contributed by atoms with van der Waals surface area (Å²) in [6.07, 6.45) is 15.7. The Labute approximate surface area is 145 Å². The predicted molar refractivity (Wildman–Crippen MR) is 100 cm³/mol. The molecule has 1 heterocycles. The van der Waals surface area contributed by atoms with Gasteiger partial charge in [0, 0.05) is 17.4 Å². The Balaban J connectivity index is 1.77. The minimum Gasteiger partial charge on any atom is -0.466 e. The maximum Gasteiger partial charge on any atom is 0.305 e. The monoisotopic (exact) mass is 346 g/mol. The number of carbonyl (C=O) groups excluding carboxylic acids is 1. The Kier molecular flexibility index (Phi) is 13.5. The molecule has 1 rings (SSSR count). The van der Waals surface area contributed by atoms with Crippen molar-refractivity contribution < 1.29 is 9.53 Å². The lowest BCUT2D eigenvalue weighted by atomic mass is 10.1. The molecule has 1 aliphatic heterocycles. The lowest BCUT2D eigenvalue weighted by Gasteiger charge is -2.07. The second kappa shape index (κ2) is 14.7. The van der Waals surface area contributed by atoms with E-state index in [0.717, 1.165) is 18.1 Å². The van der Waals surface area contributed by atoms with Crippen LogP contribution in [0.2, 0.25) is 0 Å². The summed E-state index contributed by atoms with van der Waals surface area (Å²) in [5, 5.41) is 0.832. The van der Waals surface area contributed by atoms with Gasteiger partial charge in [-0.3, -0.25) is 4.79 Å². The molecule has 130 valence electrons. The second-order valence-corrected chi connectivity index (χ2v) is 9.06. The third-order valence-corrected chi connectivity index (χ3v) is 7.15. The fourth-order valence-corrected chi connectivity index (χ4v) is 5.73. The number of hydrogen-bond acceptors (Lipinski definition) is 4. The zero-order chi connectivity index (χ0) is 15.9. The second-order valence-electron chi connectivity index (χ2n) is 6.27. The molecule has 0 N–H and O–H groups in total. The zero-order valence-corrected chi connectivity index (χ0v) is 15.9. The average molecular weight is 347 g/mol. The highest BCUT2D eigenvalue weighted by molar-refractivity contribution is 8.77.